The number of phenolic OH excluding ortho intramolecular Hbond substituents is 1. The molecule has 0 bridgehead atoms. The molecule has 2 aromatic rings. The third-order valence-corrected chi connectivity index (χ3v) is 5.21. The van der Waals surface area contributed by atoms with Crippen LogP contribution in [0, 0.1) is 10.5 Å². The van der Waals surface area contributed by atoms with Gasteiger partial charge in [0, 0.05) is 27.5 Å². The Kier molecular flexibility index (Phi) is 10.4. The van der Waals surface area contributed by atoms with Crippen LogP contribution < -0.4 is 10.8 Å². The standard InChI is InChI=1S/C23H27IN2O6/c1-3-31-20(6-4-5-7-21(28)26-30)22(18-14-16(24)10-13-19(18)27)32-23(29)25-17-11-8-15(2)9-12-17/h5,7-14,20,22,27,30H,3-4,6H2,1-2H3,(H,25,29)(H,26,28)/b7-5+/t20-,22-/m0/s1. The predicted octanol–water partition coefficient (Wildman–Crippen LogP) is 4.84. The van der Waals surface area contributed by atoms with Crippen molar-refractivity contribution in [1.82, 2.24) is 5.48 Å². The van der Waals surface area contributed by atoms with Crippen LogP contribution in [0.1, 0.15) is 37.0 Å². The van der Waals surface area contributed by atoms with Gasteiger partial charge < -0.3 is 14.6 Å². The average Bonchev–Trinajstić information content (AvgIpc) is 2.77. The number of rotatable bonds is 10. The molecule has 0 aromatic heterocycles. The van der Waals surface area contributed by atoms with Gasteiger partial charge in [0.15, 0.2) is 6.10 Å². The predicted molar refractivity (Wildman–Crippen MR) is 129 cm³/mol. The van der Waals surface area contributed by atoms with E-state index in [1.807, 2.05) is 26.0 Å². The molecule has 2 atom stereocenters. The van der Waals surface area contributed by atoms with Gasteiger partial charge in [-0.2, -0.15) is 0 Å². The fourth-order valence-corrected chi connectivity index (χ4v) is 3.53. The number of carbonyl (C=O) groups excluding carboxylic acids is 2. The highest BCUT2D eigenvalue weighted by molar-refractivity contribution is 14.1. The summed E-state index contributed by atoms with van der Waals surface area (Å²) in [7, 11) is 0. The van der Waals surface area contributed by atoms with Crippen molar-refractivity contribution in [3.8, 4) is 5.75 Å². The fraction of sp³-hybridized carbons (Fsp3) is 0.304. The number of anilines is 1. The van der Waals surface area contributed by atoms with Gasteiger partial charge in [0.1, 0.15) is 5.75 Å². The van der Waals surface area contributed by atoms with E-state index in [4.69, 9.17) is 14.7 Å². The highest BCUT2D eigenvalue weighted by atomic mass is 127. The minimum atomic E-state index is -0.893. The number of nitrogens with one attached hydrogen (secondary N) is 2. The van der Waals surface area contributed by atoms with Crippen molar-refractivity contribution in [2.75, 3.05) is 11.9 Å². The quantitative estimate of drug-likeness (QED) is 0.145. The van der Waals surface area contributed by atoms with Gasteiger partial charge in [-0.3, -0.25) is 15.3 Å². The van der Waals surface area contributed by atoms with Crippen LogP contribution >= 0.6 is 22.6 Å². The molecule has 8 nitrogen and oxygen atoms in total. The highest BCUT2D eigenvalue weighted by Gasteiger charge is 2.30. The van der Waals surface area contributed by atoms with Crippen LogP contribution in [0.25, 0.3) is 0 Å². The number of phenols is 1. The smallest absolute Gasteiger partial charge is 0.412 e. The monoisotopic (exact) mass is 554 g/mol. The Morgan fingerprint density at radius 1 is 1.19 bits per heavy atom. The Morgan fingerprint density at radius 2 is 1.91 bits per heavy atom. The maximum Gasteiger partial charge on any atom is 0.412 e. The molecule has 0 spiro atoms. The Labute approximate surface area is 200 Å². The molecule has 0 aliphatic carbocycles. The van der Waals surface area contributed by atoms with E-state index >= 15 is 0 Å². The number of hydrogen-bond acceptors (Lipinski definition) is 6. The third kappa shape index (κ3) is 8.13. The average molecular weight is 554 g/mol. The van der Waals surface area contributed by atoms with Crippen molar-refractivity contribution in [2.45, 2.75) is 38.9 Å². The number of hydroxylamine groups is 1. The number of aryl methyl sites for hydroxylation is 1. The topological polar surface area (TPSA) is 117 Å². The number of halogens is 1. The first-order valence-corrected chi connectivity index (χ1v) is 11.2. The van der Waals surface area contributed by atoms with E-state index in [1.54, 1.807) is 36.4 Å². The lowest BCUT2D eigenvalue weighted by Crippen LogP contribution is -2.29. The van der Waals surface area contributed by atoms with Crippen molar-refractivity contribution in [2.24, 2.45) is 0 Å². The number of hydrogen-bond donors (Lipinski definition) is 4. The zero-order chi connectivity index (χ0) is 23.5. The van der Waals surface area contributed by atoms with Crippen molar-refractivity contribution < 1.29 is 29.4 Å². The molecule has 32 heavy (non-hydrogen) atoms. The van der Waals surface area contributed by atoms with Gasteiger partial charge in [-0.25, -0.2) is 10.3 Å². The van der Waals surface area contributed by atoms with Gasteiger partial charge in [0.2, 0.25) is 0 Å². The maximum atomic E-state index is 12.7. The molecule has 0 radical (unpaired) electrons. The lowest BCUT2D eigenvalue weighted by Gasteiger charge is -2.28. The molecule has 0 aliphatic rings. The lowest BCUT2D eigenvalue weighted by atomic mass is 9.99. The van der Waals surface area contributed by atoms with Crippen LogP contribution in [-0.2, 0) is 14.3 Å². The van der Waals surface area contributed by atoms with Crippen LogP contribution in [0.15, 0.2) is 54.6 Å². The number of benzene rings is 2. The summed E-state index contributed by atoms with van der Waals surface area (Å²) < 4.78 is 12.4. The van der Waals surface area contributed by atoms with Crippen molar-refractivity contribution in [3.05, 3.63) is 69.3 Å². The molecule has 0 saturated carbocycles. The number of ether oxygens (including phenoxy) is 2. The second-order valence-corrected chi connectivity index (χ2v) is 8.22. The summed E-state index contributed by atoms with van der Waals surface area (Å²) in [6.45, 7) is 4.12. The van der Waals surface area contributed by atoms with Gasteiger partial charge in [0.05, 0.1) is 6.10 Å². The molecule has 0 unspecified atom stereocenters. The van der Waals surface area contributed by atoms with Gasteiger partial charge in [-0.1, -0.05) is 23.8 Å². The van der Waals surface area contributed by atoms with Gasteiger partial charge in [-0.15, -0.1) is 0 Å². The Bertz CT molecular complexity index is 933. The lowest BCUT2D eigenvalue weighted by molar-refractivity contribution is -0.124. The second kappa shape index (κ2) is 13.0. The number of allylic oxidation sites excluding steroid dienone is 1. The molecule has 0 aliphatic heterocycles. The van der Waals surface area contributed by atoms with E-state index in [0.29, 0.717) is 30.7 Å². The first-order valence-electron chi connectivity index (χ1n) is 10.1. The summed E-state index contributed by atoms with van der Waals surface area (Å²) in [5.74, 6) is -0.656. The summed E-state index contributed by atoms with van der Waals surface area (Å²) in [6.07, 6.45) is 1.43. The molecule has 0 fully saturated rings. The van der Waals surface area contributed by atoms with E-state index in [9.17, 15) is 14.7 Å². The molecule has 4 N–H and O–H groups in total. The number of carbonyl (C=O) groups is 2. The summed E-state index contributed by atoms with van der Waals surface area (Å²) in [5, 5.41) is 21.7. The van der Waals surface area contributed by atoms with Crippen LogP contribution in [0.5, 0.6) is 5.75 Å². The van der Waals surface area contributed by atoms with Crippen molar-refractivity contribution >= 4 is 40.3 Å². The van der Waals surface area contributed by atoms with Crippen LogP contribution in [0.4, 0.5) is 10.5 Å². The maximum absolute atomic E-state index is 12.7. The summed E-state index contributed by atoms with van der Waals surface area (Å²) >= 11 is 2.11. The first-order chi connectivity index (χ1) is 15.3. The first kappa shape index (κ1) is 25.6. The zero-order valence-corrected chi connectivity index (χ0v) is 20.0. The SMILES string of the molecule is CCO[C@@H](CC/C=C/C(=O)NO)[C@@H](OC(=O)Nc1ccc(C)cc1)c1cc(I)ccc1O. The molecular formula is C23H27IN2O6. The summed E-state index contributed by atoms with van der Waals surface area (Å²) in [6, 6.07) is 12.3. The van der Waals surface area contributed by atoms with Crippen molar-refractivity contribution in [1.29, 1.82) is 0 Å². The van der Waals surface area contributed by atoms with Crippen LogP contribution in [-0.4, -0.2) is 35.0 Å². The second-order valence-electron chi connectivity index (χ2n) is 6.97. The highest BCUT2D eigenvalue weighted by Crippen LogP contribution is 2.34. The molecule has 0 heterocycles. The summed E-state index contributed by atoms with van der Waals surface area (Å²) in [5.41, 5.74) is 3.59. The molecule has 2 rings (SSSR count). The molecule has 9 heteroatoms. The Hall–Kier alpha value is -2.63. The number of amides is 2. The zero-order valence-electron chi connectivity index (χ0n) is 17.9. The largest absolute Gasteiger partial charge is 0.508 e. The van der Waals surface area contributed by atoms with E-state index < -0.39 is 24.2 Å². The van der Waals surface area contributed by atoms with E-state index in [-0.39, 0.29) is 5.75 Å². The Balaban J connectivity index is 2.25. The normalized spacial score (nSPS) is 12.9. The van der Waals surface area contributed by atoms with Crippen molar-refractivity contribution in [3.63, 3.8) is 0 Å². The molecule has 2 aromatic carbocycles. The fourth-order valence-electron chi connectivity index (χ4n) is 3.02. The molecule has 2 amide bonds. The van der Waals surface area contributed by atoms with Gasteiger partial charge >= 0.3 is 6.09 Å². The molecule has 172 valence electrons. The third-order valence-electron chi connectivity index (χ3n) is 4.54. The summed E-state index contributed by atoms with van der Waals surface area (Å²) in [4.78, 5) is 23.8. The molecule has 0 saturated heterocycles. The van der Waals surface area contributed by atoms with Crippen LogP contribution in [0.2, 0.25) is 0 Å². The number of aromatic hydroxyl groups is 1. The minimum absolute atomic E-state index is 0.0153. The van der Waals surface area contributed by atoms with Gasteiger partial charge in [0.25, 0.3) is 5.91 Å². The Morgan fingerprint density at radius 3 is 2.56 bits per heavy atom. The van der Waals surface area contributed by atoms with Gasteiger partial charge in [-0.05, 0) is 79.6 Å². The minimum Gasteiger partial charge on any atom is -0.508 e. The van der Waals surface area contributed by atoms with Crippen LogP contribution in [0.3, 0.4) is 0 Å². The van der Waals surface area contributed by atoms with E-state index in [1.165, 1.54) is 11.6 Å². The van der Waals surface area contributed by atoms with E-state index in [2.05, 4.69) is 27.9 Å². The molecular weight excluding hydrogens is 527 g/mol. The van der Waals surface area contributed by atoms with E-state index in [0.717, 1.165) is 9.13 Å².